The van der Waals surface area contributed by atoms with Crippen molar-refractivity contribution in [2.45, 2.75) is 11.8 Å². The van der Waals surface area contributed by atoms with Crippen molar-refractivity contribution in [1.82, 2.24) is 0 Å². The van der Waals surface area contributed by atoms with Gasteiger partial charge in [-0.2, -0.15) is 0 Å². The molecule has 16 heavy (non-hydrogen) atoms. The zero-order valence-corrected chi connectivity index (χ0v) is 9.85. The fourth-order valence-corrected chi connectivity index (χ4v) is 2.04. The lowest BCUT2D eigenvalue weighted by Crippen LogP contribution is -2.06. The summed E-state index contributed by atoms with van der Waals surface area (Å²) in [6.45, 7) is 5.68. The van der Waals surface area contributed by atoms with Crippen molar-refractivity contribution in [3.63, 3.8) is 0 Å². The van der Waals surface area contributed by atoms with Crippen molar-refractivity contribution in [2.75, 3.05) is 12.4 Å². The van der Waals surface area contributed by atoms with Crippen molar-refractivity contribution in [3.05, 3.63) is 36.2 Å². The first-order valence-corrected chi connectivity index (χ1v) is 5.87. The van der Waals surface area contributed by atoms with Crippen LogP contribution in [0.5, 0.6) is 0 Å². The van der Waals surface area contributed by atoms with E-state index in [0.717, 1.165) is 11.8 Å². The van der Waals surface area contributed by atoms with Crippen LogP contribution < -0.4 is 0 Å². The first-order chi connectivity index (χ1) is 7.69. The Balaban J connectivity index is 2.72. The van der Waals surface area contributed by atoms with Crippen LogP contribution in [0.4, 0.5) is 4.39 Å². The molecule has 0 aliphatic carbocycles. The van der Waals surface area contributed by atoms with Crippen LogP contribution in [-0.2, 0) is 9.53 Å². The molecule has 0 fully saturated rings. The minimum atomic E-state index is -0.342. The van der Waals surface area contributed by atoms with E-state index in [2.05, 4.69) is 6.58 Å². The second-order valence-corrected chi connectivity index (χ2v) is 3.94. The van der Waals surface area contributed by atoms with E-state index >= 15 is 0 Å². The average molecular weight is 240 g/mol. The molecule has 0 aromatic heterocycles. The monoisotopic (exact) mass is 240 g/mol. The van der Waals surface area contributed by atoms with Gasteiger partial charge < -0.3 is 4.74 Å². The van der Waals surface area contributed by atoms with E-state index in [9.17, 15) is 9.18 Å². The molecule has 86 valence electrons. The maximum Gasteiger partial charge on any atom is 0.316 e. The van der Waals surface area contributed by atoms with Crippen LogP contribution in [0.1, 0.15) is 12.5 Å². The van der Waals surface area contributed by atoms with Gasteiger partial charge in [0.1, 0.15) is 5.82 Å². The van der Waals surface area contributed by atoms with Gasteiger partial charge in [0.2, 0.25) is 0 Å². The van der Waals surface area contributed by atoms with Crippen LogP contribution in [-0.4, -0.2) is 18.3 Å². The first kappa shape index (κ1) is 12.8. The lowest BCUT2D eigenvalue weighted by Gasteiger charge is -2.06. The Hall–Kier alpha value is -1.29. The van der Waals surface area contributed by atoms with Gasteiger partial charge in [-0.1, -0.05) is 24.8 Å². The van der Waals surface area contributed by atoms with E-state index in [1.54, 1.807) is 25.1 Å². The van der Waals surface area contributed by atoms with E-state index in [4.69, 9.17) is 4.74 Å². The van der Waals surface area contributed by atoms with Gasteiger partial charge in [-0.15, -0.1) is 11.8 Å². The molecule has 0 saturated carbocycles. The molecule has 0 spiro atoms. The number of carbonyl (C=O) groups excluding carboxylic acids is 1. The highest BCUT2D eigenvalue weighted by molar-refractivity contribution is 8.00. The molecule has 0 aliphatic rings. The maximum absolute atomic E-state index is 13.5. The van der Waals surface area contributed by atoms with E-state index in [0.29, 0.717) is 17.1 Å². The second kappa shape index (κ2) is 6.33. The summed E-state index contributed by atoms with van der Waals surface area (Å²) < 4.78 is 18.2. The normalized spacial score (nSPS) is 9.88. The third-order valence-electron chi connectivity index (χ3n) is 1.86. The molecule has 0 atom stereocenters. The summed E-state index contributed by atoms with van der Waals surface area (Å²) in [6, 6.07) is 4.73. The summed E-state index contributed by atoms with van der Waals surface area (Å²) in [4.78, 5) is 11.6. The van der Waals surface area contributed by atoms with Gasteiger partial charge in [0, 0.05) is 0 Å². The van der Waals surface area contributed by atoms with Crippen LogP contribution in [0.25, 0.3) is 6.08 Å². The van der Waals surface area contributed by atoms with E-state index in [1.807, 2.05) is 0 Å². The molecule has 0 heterocycles. The van der Waals surface area contributed by atoms with Gasteiger partial charge in [-0.05, 0) is 18.6 Å². The van der Waals surface area contributed by atoms with Crippen LogP contribution in [0.2, 0.25) is 0 Å². The van der Waals surface area contributed by atoms with Crippen molar-refractivity contribution >= 4 is 23.8 Å². The van der Waals surface area contributed by atoms with Gasteiger partial charge in [0.15, 0.2) is 0 Å². The van der Waals surface area contributed by atoms with Gasteiger partial charge in [0.05, 0.1) is 17.3 Å². The Morgan fingerprint density at radius 1 is 1.62 bits per heavy atom. The lowest BCUT2D eigenvalue weighted by atomic mass is 10.2. The zero-order valence-electron chi connectivity index (χ0n) is 9.03. The van der Waals surface area contributed by atoms with Crippen LogP contribution in [0.15, 0.2) is 29.7 Å². The predicted molar refractivity (Wildman–Crippen MR) is 63.8 cm³/mol. The first-order valence-electron chi connectivity index (χ1n) is 4.88. The Labute approximate surface area is 98.5 Å². The van der Waals surface area contributed by atoms with Crippen molar-refractivity contribution in [3.8, 4) is 0 Å². The summed E-state index contributed by atoms with van der Waals surface area (Å²) in [5.41, 5.74) is 0.689. The Morgan fingerprint density at radius 3 is 3.00 bits per heavy atom. The Kier molecular flexibility index (Phi) is 5.05. The molecule has 0 aliphatic heterocycles. The molecule has 0 amide bonds. The van der Waals surface area contributed by atoms with Crippen LogP contribution in [0.3, 0.4) is 0 Å². The fraction of sp³-hybridized carbons (Fsp3) is 0.250. The molecule has 0 bridgehead atoms. The number of hydrogen-bond acceptors (Lipinski definition) is 3. The van der Waals surface area contributed by atoms with Gasteiger partial charge in [-0.25, -0.2) is 4.39 Å². The van der Waals surface area contributed by atoms with Crippen LogP contribution >= 0.6 is 11.8 Å². The van der Waals surface area contributed by atoms with Crippen LogP contribution in [0, 0.1) is 5.82 Å². The Morgan fingerprint density at radius 2 is 2.38 bits per heavy atom. The number of halogens is 1. The van der Waals surface area contributed by atoms with E-state index in [-0.39, 0.29) is 17.5 Å². The van der Waals surface area contributed by atoms with E-state index in [1.165, 1.54) is 6.07 Å². The second-order valence-electron chi connectivity index (χ2n) is 2.96. The number of ether oxygens (including phenoxy) is 1. The molecule has 1 aromatic carbocycles. The molecule has 0 unspecified atom stereocenters. The predicted octanol–water partition coefficient (Wildman–Crippen LogP) is 3.12. The van der Waals surface area contributed by atoms with Crippen molar-refractivity contribution in [1.29, 1.82) is 0 Å². The standard InChI is InChI=1S/C12H13FO2S/c1-3-9-6-5-7-10(13)12(9)16-8-11(14)15-4-2/h3,5-7H,1,4,8H2,2H3. The molecule has 0 radical (unpaired) electrons. The molecule has 2 nitrogen and oxygen atoms in total. The SMILES string of the molecule is C=Cc1cccc(F)c1SCC(=O)OCC. The van der Waals surface area contributed by atoms with Gasteiger partial charge in [-0.3, -0.25) is 4.79 Å². The van der Waals surface area contributed by atoms with Gasteiger partial charge in [0.25, 0.3) is 0 Å². The summed E-state index contributed by atoms with van der Waals surface area (Å²) in [6.07, 6.45) is 1.57. The van der Waals surface area contributed by atoms with E-state index < -0.39 is 0 Å². The third-order valence-corrected chi connectivity index (χ3v) is 2.96. The summed E-state index contributed by atoms with van der Waals surface area (Å²) in [7, 11) is 0. The minimum Gasteiger partial charge on any atom is -0.465 e. The summed E-state index contributed by atoms with van der Waals surface area (Å²) in [5.74, 6) is -0.576. The maximum atomic E-state index is 13.5. The highest BCUT2D eigenvalue weighted by Gasteiger charge is 2.10. The number of benzene rings is 1. The molecule has 4 heteroatoms. The topological polar surface area (TPSA) is 26.3 Å². The largest absolute Gasteiger partial charge is 0.465 e. The smallest absolute Gasteiger partial charge is 0.316 e. The average Bonchev–Trinajstić information content (AvgIpc) is 2.27. The summed E-state index contributed by atoms with van der Waals surface area (Å²) >= 11 is 1.13. The number of carbonyl (C=O) groups is 1. The molecule has 1 aromatic rings. The summed E-state index contributed by atoms with van der Waals surface area (Å²) in [5, 5.41) is 0. The van der Waals surface area contributed by atoms with Gasteiger partial charge >= 0.3 is 5.97 Å². The minimum absolute atomic E-state index is 0.107. The highest BCUT2D eigenvalue weighted by atomic mass is 32.2. The number of rotatable bonds is 5. The molecule has 0 N–H and O–H groups in total. The zero-order chi connectivity index (χ0) is 12.0. The number of esters is 1. The fourth-order valence-electron chi connectivity index (χ4n) is 1.17. The molecular weight excluding hydrogens is 227 g/mol. The quantitative estimate of drug-likeness (QED) is 0.584. The third kappa shape index (κ3) is 3.38. The Bertz CT molecular complexity index is 391. The van der Waals surface area contributed by atoms with Crippen molar-refractivity contribution in [2.24, 2.45) is 0 Å². The molecule has 1 rings (SSSR count). The highest BCUT2D eigenvalue weighted by Crippen LogP contribution is 2.26. The van der Waals surface area contributed by atoms with Crippen molar-refractivity contribution < 1.29 is 13.9 Å². The number of thioether (sulfide) groups is 1. The number of hydrogen-bond donors (Lipinski definition) is 0. The molecular formula is C12H13FO2S. The molecule has 0 saturated heterocycles. The lowest BCUT2D eigenvalue weighted by molar-refractivity contribution is -0.139.